The van der Waals surface area contributed by atoms with Crippen molar-refractivity contribution in [1.82, 2.24) is 25.1 Å². The number of hydrogen-bond acceptors (Lipinski definition) is 7. The number of hydrogen-bond donors (Lipinski definition) is 1. The molecule has 0 spiro atoms. The second kappa shape index (κ2) is 10.7. The highest BCUT2D eigenvalue weighted by Crippen LogP contribution is 2.38. The zero-order chi connectivity index (χ0) is 21.6. The lowest BCUT2D eigenvalue weighted by Crippen LogP contribution is -2.47. The van der Waals surface area contributed by atoms with E-state index in [0.717, 1.165) is 53.6 Å². The molecular weight excluding hydrogens is 433 g/mol. The number of thiophene rings is 1. The van der Waals surface area contributed by atoms with Crippen molar-refractivity contribution >= 4 is 49.3 Å². The Morgan fingerprint density at radius 2 is 1.97 bits per heavy atom. The number of thioether (sulfide) groups is 1. The molecule has 0 aliphatic carbocycles. The first-order chi connectivity index (χ1) is 15.2. The Labute approximate surface area is 190 Å². The zero-order valence-electron chi connectivity index (χ0n) is 17.8. The maximum atomic E-state index is 14.2. The Morgan fingerprint density at radius 3 is 2.74 bits per heavy atom. The molecule has 1 aliphatic rings. The van der Waals surface area contributed by atoms with Crippen molar-refractivity contribution in [3.8, 4) is 0 Å². The second-order valence-corrected chi connectivity index (χ2v) is 9.76. The van der Waals surface area contributed by atoms with Gasteiger partial charge in [0.2, 0.25) is 5.91 Å². The van der Waals surface area contributed by atoms with Crippen LogP contribution in [-0.4, -0.2) is 77.2 Å². The molecule has 3 heterocycles. The van der Waals surface area contributed by atoms with Crippen LogP contribution in [0.1, 0.15) is 19.8 Å². The molecule has 0 atom stereocenters. The van der Waals surface area contributed by atoms with Crippen molar-refractivity contribution in [2.24, 2.45) is 0 Å². The molecule has 1 aliphatic heterocycles. The van der Waals surface area contributed by atoms with Crippen LogP contribution in [0.15, 0.2) is 29.6 Å². The molecule has 2 aromatic heterocycles. The molecule has 1 N–H and O–H groups in total. The summed E-state index contributed by atoms with van der Waals surface area (Å²) in [5.74, 6) is 0.0122. The fourth-order valence-corrected chi connectivity index (χ4v) is 6.00. The van der Waals surface area contributed by atoms with Crippen LogP contribution < -0.4 is 5.32 Å². The van der Waals surface area contributed by atoms with Crippen LogP contribution in [0.3, 0.4) is 0 Å². The minimum atomic E-state index is -0.275. The summed E-state index contributed by atoms with van der Waals surface area (Å²) in [7, 11) is 0. The SMILES string of the molecule is CCCN1CCN(CCCNC(=O)CSc2ncnc3c2sc2cccc(F)c23)CC1. The first-order valence-electron chi connectivity index (χ1n) is 10.8. The van der Waals surface area contributed by atoms with Crippen molar-refractivity contribution in [3.05, 3.63) is 30.3 Å². The van der Waals surface area contributed by atoms with Crippen molar-refractivity contribution in [3.63, 3.8) is 0 Å². The molecule has 0 radical (unpaired) electrons. The largest absolute Gasteiger partial charge is 0.355 e. The smallest absolute Gasteiger partial charge is 0.230 e. The number of nitrogens with zero attached hydrogens (tertiary/aromatic N) is 4. The van der Waals surface area contributed by atoms with E-state index in [1.54, 1.807) is 6.07 Å². The Balaban J connectivity index is 1.23. The van der Waals surface area contributed by atoms with E-state index in [-0.39, 0.29) is 11.7 Å². The van der Waals surface area contributed by atoms with Gasteiger partial charge >= 0.3 is 0 Å². The molecule has 1 fully saturated rings. The van der Waals surface area contributed by atoms with E-state index in [1.165, 1.54) is 48.5 Å². The topological polar surface area (TPSA) is 61.4 Å². The maximum absolute atomic E-state index is 14.2. The number of fused-ring (bicyclic) bond motifs is 3. The molecule has 0 unspecified atom stereocenters. The third-order valence-electron chi connectivity index (χ3n) is 5.51. The van der Waals surface area contributed by atoms with Gasteiger partial charge in [-0.05, 0) is 38.1 Å². The summed E-state index contributed by atoms with van der Waals surface area (Å²) in [5.41, 5.74) is 0.620. The fourth-order valence-electron chi connectivity index (χ4n) is 3.93. The summed E-state index contributed by atoms with van der Waals surface area (Å²) in [6, 6.07) is 5.03. The van der Waals surface area contributed by atoms with Crippen LogP contribution in [-0.2, 0) is 4.79 Å². The summed E-state index contributed by atoms with van der Waals surface area (Å²) in [6.07, 6.45) is 3.61. The highest BCUT2D eigenvalue weighted by molar-refractivity contribution is 8.00. The monoisotopic (exact) mass is 461 g/mol. The van der Waals surface area contributed by atoms with Crippen LogP contribution in [0, 0.1) is 5.82 Å². The maximum Gasteiger partial charge on any atom is 0.230 e. The number of amides is 1. The van der Waals surface area contributed by atoms with E-state index in [4.69, 9.17) is 0 Å². The Kier molecular flexibility index (Phi) is 7.71. The molecule has 6 nitrogen and oxygen atoms in total. The van der Waals surface area contributed by atoms with Crippen LogP contribution in [0.2, 0.25) is 0 Å². The van der Waals surface area contributed by atoms with Crippen molar-refractivity contribution < 1.29 is 9.18 Å². The van der Waals surface area contributed by atoms with Crippen LogP contribution in [0.4, 0.5) is 4.39 Å². The Bertz CT molecular complexity index is 1040. The molecule has 166 valence electrons. The van der Waals surface area contributed by atoms with Gasteiger partial charge in [-0.1, -0.05) is 24.8 Å². The number of carbonyl (C=O) groups is 1. The van der Waals surface area contributed by atoms with Gasteiger partial charge < -0.3 is 15.1 Å². The van der Waals surface area contributed by atoms with Gasteiger partial charge in [-0.2, -0.15) is 0 Å². The number of aromatic nitrogens is 2. The van der Waals surface area contributed by atoms with Gasteiger partial charge in [-0.25, -0.2) is 14.4 Å². The minimum absolute atomic E-state index is 0.00295. The summed E-state index contributed by atoms with van der Waals surface area (Å²) in [6.45, 7) is 9.64. The molecule has 0 saturated carbocycles. The van der Waals surface area contributed by atoms with E-state index in [0.29, 0.717) is 23.2 Å². The number of nitrogens with one attached hydrogen (secondary N) is 1. The highest BCUT2D eigenvalue weighted by atomic mass is 32.2. The zero-order valence-corrected chi connectivity index (χ0v) is 19.4. The predicted octanol–water partition coefficient (Wildman–Crippen LogP) is 3.61. The normalized spacial score (nSPS) is 15.7. The van der Waals surface area contributed by atoms with Gasteiger partial charge in [0.1, 0.15) is 17.2 Å². The molecule has 1 aromatic carbocycles. The van der Waals surface area contributed by atoms with E-state index in [1.807, 2.05) is 6.07 Å². The van der Waals surface area contributed by atoms with Crippen LogP contribution >= 0.6 is 23.1 Å². The Morgan fingerprint density at radius 1 is 1.19 bits per heavy atom. The molecule has 1 saturated heterocycles. The third-order valence-corrected chi connectivity index (χ3v) is 7.78. The standard InChI is InChI=1S/C22H28FN5OS2/c1-2-8-27-10-12-28(13-11-27)9-4-7-24-18(29)14-30-22-21-20(25-15-26-22)19-16(23)5-3-6-17(19)31-21/h3,5-6,15H,2,4,7-14H2,1H3,(H,24,29). The van der Waals surface area contributed by atoms with Crippen molar-refractivity contribution in [2.75, 3.05) is 51.6 Å². The summed E-state index contributed by atoms with van der Waals surface area (Å²) < 4.78 is 15.9. The number of carbonyl (C=O) groups excluding carboxylic acids is 1. The van der Waals surface area contributed by atoms with Gasteiger partial charge in [0.25, 0.3) is 0 Å². The third kappa shape index (κ3) is 5.52. The van der Waals surface area contributed by atoms with Gasteiger partial charge in [-0.3, -0.25) is 4.79 Å². The number of halogens is 1. The number of rotatable bonds is 9. The lowest BCUT2D eigenvalue weighted by Gasteiger charge is -2.34. The predicted molar refractivity (Wildman–Crippen MR) is 126 cm³/mol. The number of piperazine rings is 1. The summed E-state index contributed by atoms with van der Waals surface area (Å²) in [4.78, 5) is 25.9. The van der Waals surface area contributed by atoms with E-state index >= 15 is 0 Å². The molecular formula is C22H28FN5OS2. The average Bonchev–Trinajstić information content (AvgIpc) is 3.17. The lowest BCUT2D eigenvalue weighted by molar-refractivity contribution is -0.118. The van der Waals surface area contributed by atoms with Crippen LogP contribution in [0.5, 0.6) is 0 Å². The molecule has 1 amide bonds. The van der Waals surface area contributed by atoms with E-state index < -0.39 is 0 Å². The van der Waals surface area contributed by atoms with Gasteiger partial charge in [0.15, 0.2) is 0 Å². The number of benzene rings is 1. The molecule has 31 heavy (non-hydrogen) atoms. The van der Waals surface area contributed by atoms with Gasteiger partial charge in [0.05, 0.1) is 21.4 Å². The lowest BCUT2D eigenvalue weighted by atomic mass is 10.2. The average molecular weight is 462 g/mol. The first-order valence-corrected chi connectivity index (χ1v) is 12.6. The molecule has 3 aromatic rings. The summed E-state index contributed by atoms with van der Waals surface area (Å²) in [5, 5.41) is 4.27. The quantitative estimate of drug-likeness (QED) is 0.298. The minimum Gasteiger partial charge on any atom is -0.355 e. The second-order valence-electron chi connectivity index (χ2n) is 7.75. The molecule has 9 heteroatoms. The van der Waals surface area contributed by atoms with E-state index in [9.17, 15) is 9.18 Å². The van der Waals surface area contributed by atoms with Crippen molar-refractivity contribution in [2.45, 2.75) is 24.8 Å². The van der Waals surface area contributed by atoms with E-state index in [2.05, 4.69) is 32.0 Å². The first kappa shape index (κ1) is 22.4. The molecule has 0 bridgehead atoms. The van der Waals surface area contributed by atoms with Crippen LogP contribution in [0.25, 0.3) is 20.3 Å². The van der Waals surface area contributed by atoms with Gasteiger partial charge in [0, 0.05) is 37.4 Å². The molecule has 4 rings (SSSR count). The van der Waals surface area contributed by atoms with Gasteiger partial charge in [-0.15, -0.1) is 11.3 Å². The highest BCUT2D eigenvalue weighted by Gasteiger charge is 2.17. The fraction of sp³-hybridized carbons (Fsp3) is 0.500. The Hall–Kier alpha value is -1.81. The summed E-state index contributed by atoms with van der Waals surface area (Å²) >= 11 is 2.85. The van der Waals surface area contributed by atoms with Crippen molar-refractivity contribution in [1.29, 1.82) is 0 Å².